The third-order valence-corrected chi connectivity index (χ3v) is 3.53. The van der Waals surface area contributed by atoms with E-state index in [2.05, 4.69) is 50.1 Å². The number of aromatic nitrogens is 1. The molecule has 3 heteroatoms. The van der Waals surface area contributed by atoms with Gasteiger partial charge in [0.05, 0.1) is 5.69 Å². The minimum Gasteiger partial charge on any atom is -0.487 e. The Balaban J connectivity index is 1.93. The van der Waals surface area contributed by atoms with Gasteiger partial charge in [-0.3, -0.25) is 4.98 Å². The number of pyridine rings is 1. The first-order valence-corrected chi connectivity index (χ1v) is 7.42. The van der Waals surface area contributed by atoms with E-state index in [4.69, 9.17) is 4.74 Å². The molecule has 1 aromatic heterocycles. The number of hydrogen-bond acceptors (Lipinski definition) is 3. The number of aryl methyl sites for hydroxylation is 1. The van der Waals surface area contributed by atoms with Crippen LogP contribution in [0, 0.1) is 13.8 Å². The lowest BCUT2D eigenvalue weighted by molar-refractivity contribution is 0.299. The van der Waals surface area contributed by atoms with Crippen LogP contribution < -0.4 is 10.1 Å². The number of nitrogens with zero attached hydrogens (tertiary/aromatic N) is 1. The first kappa shape index (κ1) is 15.5. The quantitative estimate of drug-likeness (QED) is 0.876. The minimum absolute atomic E-state index is 0.484. The van der Waals surface area contributed by atoms with Crippen LogP contribution in [-0.4, -0.2) is 11.0 Å². The number of nitrogens with one attached hydrogen (secondary N) is 1. The van der Waals surface area contributed by atoms with Crippen molar-refractivity contribution in [2.45, 2.75) is 46.9 Å². The van der Waals surface area contributed by atoms with Crippen molar-refractivity contribution in [1.29, 1.82) is 0 Å². The van der Waals surface area contributed by atoms with Gasteiger partial charge in [-0.2, -0.15) is 0 Å². The van der Waals surface area contributed by atoms with Gasteiger partial charge in [0.15, 0.2) is 0 Å². The van der Waals surface area contributed by atoms with E-state index in [0.29, 0.717) is 12.6 Å². The van der Waals surface area contributed by atoms with Crippen LogP contribution in [0.25, 0.3) is 0 Å². The molecule has 1 heterocycles. The highest BCUT2D eigenvalue weighted by Gasteiger charge is 2.03. The van der Waals surface area contributed by atoms with E-state index in [0.717, 1.165) is 18.0 Å². The molecular formula is C18H24N2O. The highest BCUT2D eigenvalue weighted by molar-refractivity contribution is 5.38. The molecule has 0 saturated carbocycles. The van der Waals surface area contributed by atoms with Gasteiger partial charge in [0, 0.05) is 18.8 Å². The lowest BCUT2D eigenvalue weighted by atomic mass is 10.1. The fraction of sp³-hybridized carbons (Fsp3) is 0.389. The number of ether oxygens (including phenoxy) is 1. The monoisotopic (exact) mass is 284 g/mol. The smallest absolute Gasteiger partial charge is 0.130 e. The van der Waals surface area contributed by atoms with Crippen LogP contribution in [0.15, 0.2) is 36.5 Å². The Labute approximate surface area is 127 Å². The summed E-state index contributed by atoms with van der Waals surface area (Å²) in [7, 11) is 0. The summed E-state index contributed by atoms with van der Waals surface area (Å²) in [5.74, 6) is 0.933. The molecule has 0 atom stereocenters. The third kappa shape index (κ3) is 4.57. The molecule has 0 amide bonds. The zero-order valence-electron chi connectivity index (χ0n) is 13.3. The predicted octanol–water partition coefficient (Wildman–Crippen LogP) is 3.78. The van der Waals surface area contributed by atoms with Gasteiger partial charge < -0.3 is 10.1 Å². The molecule has 0 bridgehead atoms. The molecule has 112 valence electrons. The standard InChI is InChI=1S/C18H24N2O/c1-13(2)19-10-16-8-9-17(20-11-16)12-21-18-7-5-6-14(3)15(18)4/h5-9,11,13,19H,10,12H2,1-4H3. The SMILES string of the molecule is Cc1cccc(OCc2ccc(CNC(C)C)cn2)c1C. The van der Waals surface area contributed by atoms with E-state index in [-0.39, 0.29) is 0 Å². The average molecular weight is 284 g/mol. The molecule has 1 N–H and O–H groups in total. The summed E-state index contributed by atoms with van der Waals surface area (Å²) in [6.07, 6.45) is 1.91. The first-order chi connectivity index (χ1) is 10.1. The zero-order valence-corrected chi connectivity index (χ0v) is 13.3. The van der Waals surface area contributed by atoms with E-state index in [1.54, 1.807) is 0 Å². The number of hydrogen-bond donors (Lipinski definition) is 1. The number of benzene rings is 1. The van der Waals surface area contributed by atoms with Crippen molar-refractivity contribution in [2.75, 3.05) is 0 Å². The van der Waals surface area contributed by atoms with Gasteiger partial charge >= 0.3 is 0 Å². The van der Waals surface area contributed by atoms with Crippen molar-refractivity contribution < 1.29 is 4.74 Å². The van der Waals surface area contributed by atoms with Crippen molar-refractivity contribution in [3.05, 3.63) is 58.9 Å². The van der Waals surface area contributed by atoms with Gasteiger partial charge in [-0.25, -0.2) is 0 Å². The maximum atomic E-state index is 5.86. The molecular weight excluding hydrogens is 260 g/mol. The molecule has 0 spiro atoms. The Hall–Kier alpha value is -1.87. The summed E-state index contributed by atoms with van der Waals surface area (Å²) in [5, 5.41) is 3.38. The second kappa shape index (κ2) is 7.23. The molecule has 3 nitrogen and oxygen atoms in total. The van der Waals surface area contributed by atoms with E-state index in [1.807, 2.05) is 24.4 Å². The highest BCUT2D eigenvalue weighted by atomic mass is 16.5. The maximum Gasteiger partial charge on any atom is 0.130 e. The molecule has 0 radical (unpaired) electrons. The molecule has 1 aromatic carbocycles. The second-order valence-corrected chi connectivity index (χ2v) is 5.68. The molecule has 0 unspecified atom stereocenters. The molecule has 0 aliphatic heterocycles. The predicted molar refractivity (Wildman–Crippen MR) is 86.5 cm³/mol. The Kier molecular flexibility index (Phi) is 5.34. The van der Waals surface area contributed by atoms with Gasteiger partial charge in [0.1, 0.15) is 12.4 Å². The molecule has 2 aromatic rings. The van der Waals surface area contributed by atoms with Crippen LogP contribution in [0.2, 0.25) is 0 Å². The fourth-order valence-electron chi connectivity index (χ4n) is 2.00. The second-order valence-electron chi connectivity index (χ2n) is 5.68. The lowest BCUT2D eigenvalue weighted by Gasteiger charge is -2.11. The topological polar surface area (TPSA) is 34.1 Å². The van der Waals surface area contributed by atoms with Crippen LogP contribution in [0.5, 0.6) is 5.75 Å². The van der Waals surface area contributed by atoms with E-state index in [9.17, 15) is 0 Å². The maximum absolute atomic E-state index is 5.86. The van der Waals surface area contributed by atoms with Crippen LogP contribution in [-0.2, 0) is 13.2 Å². The highest BCUT2D eigenvalue weighted by Crippen LogP contribution is 2.21. The van der Waals surface area contributed by atoms with Crippen molar-refractivity contribution >= 4 is 0 Å². The van der Waals surface area contributed by atoms with Crippen molar-refractivity contribution in [3.63, 3.8) is 0 Å². The molecule has 2 rings (SSSR count). The van der Waals surface area contributed by atoms with Crippen LogP contribution in [0.3, 0.4) is 0 Å². The summed E-state index contributed by atoms with van der Waals surface area (Å²) in [6.45, 7) is 9.81. The molecule has 0 aliphatic rings. The van der Waals surface area contributed by atoms with Crippen LogP contribution in [0.4, 0.5) is 0 Å². The summed E-state index contributed by atoms with van der Waals surface area (Å²) in [4.78, 5) is 4.46. The largest absolute Gasteiger partial charge is 0.487 e. The Morgan fingerprint density at radius 3 is 2.62 bits per heavy atom. The van der Waals surface area contributed by atoms with Gasteiger partial charge in [-0.05, 0) is 42.7 Å². The molecule has 0 saturated heterocycles. The molecule has 0 fully saturated rings. The summed E-state index contributed by atoms with van der Waals surface area (Å²) >= 11 is 0. The minimum atomic E-state index is 0.484. The first-order valence-electron chi connectivity index (χ1n) is 7.42. The molecule has 21 heavy (non-hydrogen) atoms. The normalized spacial score (nSPS) is 10.9. The van der Waals surface area contributed by atoms with Crippen LogP contribution in [0.1, 0.15) is 36.2 Å². The van der Waals surface area contributed by atoms with Gasteiger partial charge in [-0.1, -0.05) is 32.0 Å². The fourth-order valence-corrected chi connectivity index (χ4v) is 2.00. The van der Waals surface area contributed by atoms with E-state index >= 15 is 0 Å². The Bertz CT molecular complexity index is 576. The lowest BCUT2D eigenvalue weighted by Crippen LogP contribution is -2.21. The summed E-state index contributed by atoms with van der Waals surface area (Å²) in [6, 6.07) is 10.7. The number of rotatable bonds is 6. The van der Waals surface area contributed by atoms with Crippen LogP contribution >= 0.6 is 0 Å². The van der Waals surface area contributed by atoms with Crippen molar-refractivity contribution in [3.8, 4) is 5.75 Å². The third-order valence-electron chi connectivity index (χ3n) is 3.53. The van der Waals surface area contributed by atoms with E-state index in [1.165, 1.54) is 16.7 Å². The Morgan fingerprint density at radius 1 is 1.14 bits per heavy atom. The average Bonchev–Trinajstić information content (AvgIpc) is 2.48. The van der Waals surface area contributed by atoms with Crippen molar-refractivity contribution in [1.82, 2.24) is 10.3 Å². The molecule has 0 aliphatic carbocycles. The van der Waals surface area contributed by atoms with Gasteiger partial charge in [0.2, 0.25) is 0 Å². The van der Waals surface area contributed by atoms with Crippen molar-refractivity contribution in [2.24, 2.45) is 0 Å². The zero-order chi connectivity index (χ0) is 15.2. The van der Waals surface area contributed by atoms with Gasteiger partial charge in [-0.15, -0.1) is 0 Å². The van der Waals surface area contributed by atoms with E-state index < -0.39 is 0 Å². The summed E-state index contributed by atoms with van der Waals surface area (Å²) < 4.78 is 5.86. The Morgan fingerprint density at radius 2 is 1.95 bits per heavy atom. The summed E-state index contributed by atoms with van der Waals surface area (Å²) in [5.41, 5.74) is 4.58. The van der Waals surface area contributed by atoms with Gasteiger partial charge in [0.25, 0.3) is 0 Å².